The van der Waals surface area contributed by atoms with E-state index in [1.165, 1.54) is 21.1 Å². The number of hydrogen-bond acceptors (Lipinski definition) is 5. The average Bonchev–Trinajstić information content (AvgIpc) is 3.26. The summed E-state index contributed by atoms with van der Waals surface area (Å²) in [5.74, 6) is 0.508. The van der Waals surface area contributed by atoms with Gasteiger partial charge >= 0.3 is 0 Å². The zero-order valence-corrected chi connectivity index (χ0v) is 17.7. The van der Waals surface area contributed by atoms with Crippen LogP contribution in [-0.2, 0) is 17.8 Å². The Bertz CT molecular complexity index is 1340. The van der Waals surface area contributed by atoms with Crippen molar-refractivity contribution in [1.82, 2.24) is 24.7 Å². The molecule has 32 heavy (non-hydrogen) atoms. The molecule has 8 heteroatoms. The predicted octanol–water partition coefficient (Wildman–Crippen LogP) is 2.76. The van der Waals surface area contributed by atoms with Crippen LogP contribution in [0.15, 0.2) is 65.7 Å². The summed E-state index contributed by atoms with van der Waals surface area (Å²) in [4.78, 5) is 25.7. The number of benzene rings is 2. The van der Waals surface area contributed by atoms with Crippen LogP contribution >= 0.6 is 0 Å². The van der Waals surface area contributed by atoms with Crippen molar-refractivity contribution in [3.8, 4) is 17.0 Å². The van der Waals surface area contributed by atoms with Crippen molar-refractivity contribution in [1.29, 1.82) is 0 Å². The van der Waals surface area contributed by atoms with Gasteiger partial charge in [-0.3, -0.25) is 9.59 Å². The van der Waals surface area contributed by atoms with E-state index >= 15 is 0 Å². The van der Waals surface area contributed by atoms with E-state index in [1.807, 2.05) is 36.4 Å². The Balaban J connectivity index is 1.36. The first-order valence-corrected chi connectivity index (χ1v) is 10.6. The Hall–Kier alpha value is -3.94. The first kappa shape index (κ1) is 20.0. The molecule has 0 saturated carbocycles. The Labute approximate surface area is 184 Å². The number of ether oxygens (including phenoxy) is 1. The number of aromatic nitrogens is 4. The second kappa shape index (κ2) is 8.30. The maximum absolute atomic E-state index is 12.9. The zero-order chi connectivity index (χ0) is 22.1. The number of carbonyl (C=O) groups excluding carboxylic acids is 1. The molecular weight excluding hydrogens is 406 g/mol. The molecule has 1 amide bonds. The zero-order valence-electron chi connectivity index (χ0n) is 17.7. The topological polar surface area (TPSA) is 90.5 Å². The fraction of sp³-hybridized carbons (Fsp3) is 0.250. The Morgan fingerprint density at radius 2 is 2.00 bits per heavy atom. The van der Waals surface area contributed by atoms with Gasteiger partial charge in [-0.2, -0.15) is 10.2 Å². The molecule has 0 saturated heterocycles. The molecule has 1 unspecified atom stereocenters. The fourth-order valence-electron chi connectivity index (χ4n) is 4.23. The van der Waals surface area contributed by atoms with Crippen LogP contribution in [0.4, 0.5) is 0 Å². The van der Waals surface area contributed by atoms with E-state index in [0.29, 0.717) is 11.2 Å². The molecule has 0 radical (unpaired) electrons. The lowest BCUT2D eigenvalue weighted by Crippen LogP contribution is -2.37. The van der Waals surface area contributed by atoms with Gasteiger partial charge in [-0.05, 0) is 60.7 Å². The minimum Gasteiger partial charge on any atom is -0.497 e. The van der Waals surface area contributed by atoms with E-state index in [-0.39, 0.29) is 24.1 Å². The van der Waals surface area contributed by atoms with Gasteiger partial charge in [-0.25, -0.2) is 9.20 Å². The third-order valence-corrected chi connectivity index (χ3v) is 5.87. The summed E-state index contributed by atoms with van der Waals surface area (Å²) < 4.78 is 7.80. The average molecular weight is 429 g/mol. The van der Waals surface area contributed by atoms with Gasteiger partial charge in [0, 0.05) is 5.56 Å². The maximum Gasteiger partial charge on any atom is 0.293 e. The number of rotatable bonds is 5. The number of methoxy groups -OCH3 is 1. The summed E-state index contributed by atoms with van der Waals surface area (Å²) in [6, 6.07) is 17.3. The van der Waals surface area contributed by atoms with Gasteiger partial charge in [0.05, 0.1) is 18.8 Å². The minimum absolute atomic E-state index is 0.0384. The molecule has 4 aromatic rings. The molecule has 8 nitrogen and oxygen atoms in total. The normalized spacial score (nSPS) is 15.3. The number of nitrogens with zero attached hydrogens (tertiary/aromatic N) is 4. The number of aryl methyl sites for hydroxylation is 1. The first-order valence-electron chi connectivity index (χ1n) is 10.6. The lowest BCUT2D eigenvalue weighted by molar-refractivity contribution is -0.122. The van der Waals surface area contributed by atoms with Gasteiger partial charge in [-0.1, -0.05) is 24.3 Å². The monoisotopic (exact) mass is 429 g/mol. The van der Waals surface area contributed by atoms with Crippen LogP contribution in [-0.4, -0.2) is 32.4 Å². The second-order valence-corrected chi connectivity index (χ2v) is 7.89. The molecule has 0 bridgehead atoms. The predicted molar refractivity (Wildman–Crippen MR) is 119 cm³/mol. The highest BCUT2D eigenvalue weighted by molar-refractivity contribution is 5.76. The van der Waals surface area contributed by atoms with Crippen molar-refractivity contribution >= 4 is 11.4 Å². The smallest absolute Gasteiger partial charge is 0.293 e. The van der Waals surface area contributed by atoms with E-state index in [4.69, 9.17) is 4.74 Å². The molecule has 2 heterocycles. The van der Waals surface area contributed by atoms with E-state index in [1.54, 1.807) is 13.2 Å². The van der Waals surface area contributed by atoms with Gasteiger partial charge in [0.25, 0.3) is 5.56 Å². The SMILES string of the molecule is COc1ccc(-c2cc3c(=O)n(CC(=O)NC4CCCc5ccccc54)ncn3n2)cc1. The Morgan fingerprint density at radius 3 is 2.81 bits per heavy atom. The molecule has 1 N–H and O–H groups in total. The highest BCUT2D eigenvalue weighted by Gasteiger charge is 2.22. The van der Waals surface area contributed by atoms with Crippen molar-refractivity contribution in [2.75, 3.05) is 7.11 Å². The van der Waals surface area contributed by atoms with Crippen molar-refractivity contribution in [3.05, 3.63) is 82.4 Å². The number of amides is 1. The molecule has 0 spiro atoms. The number of nitrogens with one attached hydrogen (secondary N) is 1. The molecule has 0 fully saturated rings. The third-order valence-electron chi connectivity index (χ3n) is 5.87. The van der Waals surface area contributed by atoms with E-state index in [0.717, 1.165) is 36.1 Å². The van der Waals surface area contributed by atoms with Gasteiger partial charge in [0.15, 0.2) is 0 Å². The van der Waals surface area contributed by atoms with Gasteiger partial charge in [-0.15, -0.1) is 0 Å². The van der Waals surface area contributed by atoms with Crippen LogP contribution < -0.4 is 15.6 Å². The van der Waals surface area contributed by atoms with Gasteiger partial charge in [0.2, 0.25) is 5.91 Å². The highest BCUT2D eigenvalue weighted by atomic mass is 16.5. The lowest BCUT2D eigenvalue weighted by atomic mass is 9.88. The van der Waals surface area contributed by atoms with Crippen molar-refractivity contribution in [2.45, 2.75) is 31.8 Å². The summed E-state index contributed by atoms with van der Waals surface area (Å²) in [5, 5.41) is 11.6. The van der Waals surface area contributed by atoms with Crippen LogP contribution in [0.3, 0.4) is 0 Å². The third kappa shape index (κ3) is 3.75. The molecule has 2 aromatic heterocycles. The second-order valence-electron chi connectivity index (χ2n) is 7.89. The quantitative estimate of drug-likeness (QED) is 0.527. The maximum atomic E-state index is 12.9. The molecule has 162 valence electrons. The molecular formula is C24H23N5O3. The molecule has 2 aromatic carbocycles. The molecule has 0 aliphatic heterocycles. The van der Waals surface area contributed by atoms with Crippen molar-refractivity contribution < 1.29 is 9.53 Å². The van der Waals surface area contributed by atoms with E-state index < -0.39 is 0 Å². The molecule has 5 rings (SSSR count). The summed E-state index contributed by atoms with van der Waals surface area (Å²) in [6.07, 6.45) is 4.39. The van der Waals surface area contributed by atoms with Gasteiger partial charge < -0.3 is 10.1 Å². The summed E-state index contributed by atoms with van der Waals surface area (Å²) >= 11 is 0. The fourth-order valence-corrected chi connectivity index (χ4v) is 4.23. The van der Waals surface area contributed by atoms with Crippen LogP contribution in [0.5, 0.6) is 5.75 Å². The summed E-state index contributed by atoms with van der Waals surface area (Å²) in [5.41, 5.74) is 3.93. The van der Waals surface area contributed by atoms with Crippen LogP contribution in [0.2, 0.25) is 0 Å². The lowest BCUT2D eigenvalue weighted by Gasteiger charge is -2.26. The molecule has 1 atom stereocenters. The summed E-state index contributed by atoms with van der Waals surface area (Å²) in [6.45, 7) is -0.142. The van der Waals surface area contributed by atoms with Crippen LogP contribution in [0, 0.1) is 0 Å². The van der Waals surface area contributed by atoms with Crippen molar-refractivity contribution in [3.63, 3.8) is 0 Å². The number of hydrogen-bond donors (Lipinski definition) is 1. The molecule has 1 aliphatic rings. The van der Waals surface area contributed by atoms with Gasteiger partial charge in [0.1, 0.15) is 24.1 Å². The first-order chi connectivity index (χ1) is 15.6. The number of carbonyl (C=O) groups is 1. The molecule has 1 aliphatic carbocycles. The van der Waals surface area contributed by atoms with Crippen molar-refractivity contribution in [2.24, 2.45) is 0 Å². The minimum atomic E-state index is -0.362. The van der Waals surface area contributed by atoms with Crippen LogP contribution in [0.25, 0.3) is 16.8 Å². The standard InChI is InChI=1S/C24H23N5O3/c1-32-18-11-9-17(10-12-18)21-13-22-24(31)28(25-15-29(22)27-21)14-23(30)26-20-8-4-6-16-5-2-3-7-19(16)20/h2-3,5,7,9-13,15,20H,4,6,8,14H2,1H3,(H,26,30). The Morgan fingerprint density at radius 1 is 1.19 bits per heavy atom. The summed E-state index contributed by atoms with van der Waals surface area (Å²) in [7, 11) is 1.61. The Kier molecular flexibility index (Phi) is 5.18. The largest absolute Gasteiger partial charge is 0.497 e. The highest BCUT2D eigenvalue weighted by Crippen LogP contribution is 2.29. The van der Waals surface area contributed by atoms with Crippen LogP contribution in [0.1, 0.15) is 30.0 Å². The van der Waals surface area contributed by atoms with E-state index in [2.05, 4.69) is 27.6 Å². The number of fused-ring (bicyclic) bond motifs is 2. The van der Waals surface area contributed by atoms with E-state index in [9.17, 15) is 9.59 Å².